The van der Waals surface area contributed by atoms with E-state index in [0.717, 1.165) is 11.3 Å². The number of urea groups is 1. The molecule has 2 N–H and O–H groups in total. The molecule has 0 aliphatic carbocycles. The maximum atomic E-state index is 12.1. The number of benzene rings is 1. The summed E-state index contributed by atoms with van der Waals surface area (Å²) in [7, 11) is 5.34. The molecular formula is C15H23N3O3. The Bertz CT molecular complexity index is 529. The molecule has 1 unspecified atom stereocenters. The maximum absolute atomic E-state index is 12.1. The van der Waals surface area contributed by atoms with Crippen molar-refractivity contribution in [1.29, 1.82) is 0 Å². The number of nitrogens with zero attached hydrogens (tertiary/aromatic N) is 2. The minimum Gasteiger partial charge on any atom is -0.480 e. The van der Waals surface area contributed by atoms with Crippen LogP contribution in [0.25, 0.3) is 0 Å². The maximum Gasteiger partial charge on any atom is 0.326 e. The van der Waals surface area contributed by atoms with Crippen LogP contribution in [-0.4, -0.2) is 49.2 Å². The van der Waals surface area contributed by atoms with Gasteiger partial charge >= 0.3 is 12.0 Å². The third kappa shape index (κ3) is 4.11. The number of carboxylic acids is 1. The van der Waals surface area contributed by atoms with Crippen molar-refractivity contribution in [3.05, 3.63) is 23.8 Å². The van der Waals surface area contributed by atoms with Gasteiger partial charge in [0, 0.05) is 32.5 Å². The zero-order valence-electron chi connectivity index (χ0n) is 13.2. The Balaban J connectivity index is 2.88. The van der Waals surface area contributed by atoms with Crippen LogP contribution in [0.3, 0.4) is 0 Å². The van der Waals surface area contributed by atoms with E-state index >= 15 is 0 Å². The lowest BCUT2D eigenvalue weighted by Gasteiger charge is -2.24. The van der Waals surface area contributed by atoms with E-state index in [2.05, 4.69) is 5.32 Å². The van der Waals surface area contributed by atoms with Gasteiger partial charge in [-0.05, 0) is 31.0 Å². The highest BCUT2D eigenvalue weighted by Gasteiger charge is 2.24. The minimum atomic E-state index is -1.01. The molecule has 116 valence electrons. The van der Waals surface area contributed by atoms with Crippen molar-refractivity contribution in [3.63, 3.8) is 0 Å². The molecule has 0 fully saturated rings. The molecule has 0 saturated heterocycles. The molecule has 1 rings (SSSR count). The van der Waals surface area contributed by atoms with Gasteiger partial charge in [-0.15, -0.1) is 0 Å². The van der Waals surface area contributed by atoms with Gasteiger partial charge in [-0.2, -0.15) is 0 Å². The van der Waals surface area contributed by atoms with Crippen molar-refractivity contribution in [2.75, 3.05) is 31.4 Å². The SMILES string of the molecule is CCC(C(=O)O)N(C)C(=O)Nc1ccc(C)c(N(C)C)c1. The smallest absolute Gasteiger partial charge is 0.326 e. The third-order valence-corrected chi connectivity index (χ3v) is 3.40. The van der Waals surface area contributed by atoms with Crippen LogP contribution in [0.2, 0.25) is 0 Å². The zero-order chi connectivity index (χ0) is 16.2. The standard InChI is InChI=1S/C15H23N3O3/c1-6-12(14(19)20)18(5)15(21)16-11-8-7-10(2)13(9-11)17(3)4/h7-9,12H,6H2,1-5H3,(H,16,21)(H,19,20). The fourth-order valence-corrected chi connectivity index (χ4v) is 2.14. The summed E-state index contributed by atoms with van der Waals surface area (Å²) in [6.07, 6.45) is 0.357. The van der Waals surface area contributed by atoms with E-state index < -0.39 is 18.0 Å². The number of nitrogens with one attached hydrogen (secondary N) is 1. The van der Waals surface area contributed by atoms with Gasteiger partial charge in [0.25, 0.3) is 0 Å². The second kappa shape index (κ2) is 6.97. The second-order valence-corrected chi connectivity index (χ2v) is 5.20. The first kappa shape index (κ1) is 16.8. The average molecular weight is 293 g/mol. The molecule has 6 heteroatoms. The summed E-state index contributed by atoms with van der Waals surface area (Å²) in [5.41, 5.74) is 2.74. The van der Waals surface area contributed by atoms with E-state index in [-0.39, 0.29) is 0 Å². The first-order valence-corrected chi connectivity index (χ1v) is 6.82. The van der Waals surface area contributed by atoms with Crippen molar-refractivity contribution in [2.45, 2.75) is 26.3 Å². The molecule has 0 spiro atoms. The Morgan fingerprint density at radius 2 is 1.90 bits per heavy atom. The van der Waals surface area contributed by atoms with Crippen molar-refractivity contribution in [2.24, 2.45) is 0 Å². The molecule has 1 atom stereocenters. The van der Waals surface area contributed by atoms with Gasteiger partial charge in [0.05, 0.1) is 0 Å². The molecule has 0 bridgehead atoms. The van der Waals surface area contributed by atoms with Gasteiger partial charge in [0.15, 0.2) is 0 Å². The molecule has 0 aliphatic rings. The number of aryl methyl sites for hydroxylation is 1. The molecule has 0 aliphatic heterocycles. The molecule has 21 heavy (non-hydrogen) atoms. The number of aliphatic carboxylic acids is 1. The van der Waals surface area contributed by atoms with Crippen LogP contribution in [0.5, 0.6) is 0 Å². The van der Waals surface area contributed by atoms with Crippen molar-refractivity contribution in [1.82, 2.24) is 4.90 Å². The predicted octanol–water partition coefficient (Wildman–Crippen LogP) is 2.39. The first-order valence-electron chi connectivity index (χ1n) is 6.82. The number of rotatable bonds is 5. The number of carboxylic acid groups (broad SMARTS) is 1. The number of carbonyl (C=O) groups excluding carboxylic acids is 1. The van der Waals surface area contributed by atoms with Crippen molar-refractivity contribution < 1.29 is 14.7 Å². The fourth-order valence-electron chi connectivity index (χ4n) is 2.14. The Labute approximate surface area is 125 Å². The summed E-state index contributed by atoms with van der Waals surface area (Å²) < 4.78 is 0. The Morgan fingerprint density at radius 3 is 2.38 bits per heavy atom. The lowest BCUT2D eigenvalue weighted by molar-refractivity contribution is -0.141. The minimum absolute atomic E-state index is 0.357. The van der Waals surface area contributed by atoms with Gasteiger partial charge in [-0.1, -0.05) is 13.0 Å². The van der Waals surface area contributed by atoms with Crippen LogP contribution in [0, 0.1) is 6.92 Å². The van der Waals surface area contributed by atoms with Gasteiger partial charge in [-0.25, -0.2) is 9.59 Å². The Morgan fingerprint density at radius 1 is 1.29 bits per heavy atom. The molecule has 2 amide bonds. The Hall–Kier alpha value is -2.24. The number of amides is 2. The highest BCUT2D eigenvalue weighted by Crippen LogP contribution is 2.22. The quantitative estimate of drug-likeness (QED) is 0.874. The van der Waals surface area contributed by atoms with Gasteiger partial charge in [-0.3, -0.25) is 0 Å². The molecule has 0 heterocycles. The van der Waals surface area contributed by atoms with Crippen LogP contribution in [-0.2, 0) is 4.79 Å². The monoisotopic (exact) mass is 293 g/mol. The first-order chi connectivity index (χ1) is 9.77. The topological polar surface area (TPSA) is 72.9 Å². The lowest BCUT2D eigenvalue weighted by Crippen LogP contribution is -2.44. The normalized spacial score (nSPS) is 11.7. The zero-order valence-corrected chi connectivity index (χ0v) is 13.2. The molecule has 1 aromatic rings. The summed E-state index contributed by atoms with van der Waals surface area (Å²) in [5.74, 6) is -1.01. The third-order valence-electron chi connectivity index (χ3n) is 3.40. The highest BCUT2D eigenvalue weighted by molar-refractivity contribution is 5.92. The van der Waals surface area contributed by atoms with Crippen molar-refractivity contribution >= 4 is 23.4 Å². The van der Waals surface area contributed by atoms with Crippen LogP contribution in [0.4, 0.5) is 16.2 Å². The number of hydrogen-bond donors (Lipinski definition) is 2. The number of carbonyl (C=O) groups is 2. The van der Waals surface area contributed by atoms with Crippen molar-refractivity contribution in [3.8, 4) is 0 Å². The highest BCUT2D eigenvalue weighted by atomic mass is 16.4. The summed E-state index contributed by atoms with van der Waals surface area (Å²) in [5, 5.41) is 11.8. The van der Waals surface area contributed by atoms with E-state index in [1.165, 1.54) is 11.9 Å². The summed E-state index contributed by atoms with van der Waals surface area (Å²) in [6, 6.07) is 4.32. The summed E-state index contributed by atoms with van der Waals surface area (Å²) in [6.45, 7) is 3.73. The van der Waals surface area contributed by atoms with E-state index in [0.29, 0.717) is 12.1 Å². The number of anilines is 2. The number of hydrogen-bond acceptors (Lipinski definition) is 3. The fraction of sp³-hybridized carbons (Fsp3) is 0.467. The molecule has 0 aromatic heterocycles. The van der Waals surface area contributed by atoms with Crippen LogP contribution in [0.15, 0.2) is 18.2 Å². The lowest BCUT2D eigenvalue weighted by atomic mass is 10.1. The van der Waals surface area contributed by atoms with E-state index in [9.17, 15) is 9.59 Å². The van der Waals surface area contributed by atoms with Crippen LogP contribution in [0.1, 0.15) is 18.9 Å². The Kier molecular flexibility index (Phi) is 5.58. The summed E-state index contributed by atoms with van der Waals surface area (Å²) in [4.78, 5) is 26.4. The average Bonchev–Trinajstić information content (AvgIpc) is 2.40. The molecule has 0 saturated carbocycles. The van der Waals surface area contributed by atoms with Gasteiger partial charge in [0.2, 0.25) is 0 Å². The van der Waals surface area contributed by atoms with Gasteiger partial charge < -0.3 is 20.2 Å². The number of likely N-dealkylation sites (N-methyl/N-ethyl adjacent to an activating group) is 1. The van der Waals surface area contributed by atoms with E-state index in [1.54, 1.807) is 13.0 Å². The molecule has 0 radical (unpaired) electrons. The second-order valence-electron chi connectivity index (χ2n) is 5.20. The predicted molar refractivity (Wildman–Crippen MR) is 84.0 cm³/mol. The summed E-state index contributed by atoms with van der Waals surface area (Å²) >= 11 is 0. The molecular weight excluding hydrogens is 270 g/mol. The molecule has 6 nitrogen and oxygen atoms in total. The molecule has 1 aromatic carbocycles. The van der Waals surface area contributed by atoms with Crippen LogP contribution < -0.4 is 10.2 Å². The largest absolute Gasteiger partial charge is 0.480 e. The van der Waals surface area contributed by atoms with Gasteiger partial charge in [0.1, 0.15) is 6.04 Å². The van der Waals surface area contributed by atoms with Crippen LogP contribution >= 0.6 is 0 Å². The van der Waals surface area contributed by atoms with E-state index in [4.69, 9.17) is 5.11 Å². The van der Waals surface area contributed by atoms with E-state index in [1.807, 2.05) is 38.1 Å².